The van der Waals surface area contributed by atoms with Crippen LogP contribution in [0.1, 0.15) is 12.8 Å². The molecule has 0 aromatic carbocycles. The van der Waals surface area contributed by atoms with Crippen LogP contribution < -0.4 is 0 Å². The maximum Gasteiger partial charge on any atom is 0.0866 e. The molecule has 11 heavy (non-hydrogen) atoms. The van der Waals surface area contributed by atoms with E-state index in [0.29, 0.717) is 19.0 Å². The van der Waals surface area contributed by atoms with Crippen LogP contribution in [0.4, 0.5) is 0 Å². The SMILES string of the molecule is N#CCN1CC[C@@H]2C[C@]2(O)C1. The lowest BCUT2D eigenvalue weighted by atomic mass is 10.1. The molecule has 3 heteroatoms. The van der Waals surface area contributed by atoms with Crippen molar-refractivity contribution in [2.45, 2.75) is 18.4 Å². The number of hydrogen-bond donors (Lipinski definition) is 1. The van der Waals surface area contributed by atoms with E-state index in [0.717, 1.165) is 19.4 Å². The highest BCUT2D eigenvalue weighted by molar-refractivity contribution is 5.08. The van der Waals surface area contributed by atoms with Crippen LogP contribution in [0.5, 0.6) is 0 Å². The Bertz CT molecular complexity index is 211. The van der Waals surface area contributed by atoms with E-state index in [2.05, 4.69) is 6.07 Å². The third-order valence-corrected chi connectivity index (χ3v) is 2.79. The van der Waals surface area contributed by atoms with Crippen LogP contribution >= 0.6 is 0 Å². The van der Waals surface area contributed by atoms with Crippen LogP contribution in [0.3, 0.4) is 0 Å². The lowest BCUT2D eigenvalue weighted by Gasteiger charge is -2.27. The van der Waals surface area contributed by atoms with Gasteiger partial charge >= 0.3 is 0 Å². The Morgan fingerprint density at radius 2 is 2.55 bits per heavy atom. The molecule has 1 saturated carbocycles. The number of likely N-dealkylation sites (tertiary alicyclic amines) is 1. The molecule has 0 unspecified atom stereocenters. The summed E-state index contributed by atoms with van der Waals surface area (Å²) in [5.41, 5.74) is -0.408. The largest absolute Gasteiger partial charge is 0.388 e. The predicted octanol–water partition coefficient (Wildman–Crippen LogP) is -0.0333. The van der Waals surface area contributed by atoms with E-state index >= 15 is 0 Å². The summed E-state index contributed by atoms with van der Waals surface area (Å²) in [7, 11) is 0. The maximum atomic E-state index is 9.69. The molecule has 0 spiro atoms. The predicted molar refractivity (Wildman–Crippen MR) is 39.7 cm³/mol. The van der Waals surface area contributed by atoms with Gasteiger partial charge in [0, 0.05) is 6.54 Å². The van der Waals surface area contributed by atoms with Crippen molar-refractivity contribution in [1.82, 2.24) is 4.90 Å². The Labute approximate surface area is 66.2 Å². The highest BCUT2D eigenvalue weighted by Gasteiger charge is 2.55. The zero-order chi connectivity index (χ0) is 7.90. The number of nitrogens with zero attached hydrogens (tertiary/aromatic N) is 2. The van der Waals surface area contributed by atoms with Crippen molar-refractivity contribution in [2.24, 2.45) is 5.92 Å². The van der Waals surface area contributed by atoms with Crippen molar-refractivity contribution >= 4 is 0 Å². The van der Waals surface area contributed by atoms with Gasteiger partial charge in [-0.3, -0.25) is 4.90 Å². The molecular formula is C8H12N2O. The molecule has 1 heterocycles. The molecule has 0 radical (unpaired) electrons. The molecule has 3 nitrogen and oxygen atoms in total. The molecule has 2 atom stereocenters. The Kier molecular flexibility index (Phi) is 1.41. The van der Waals surface area contributed by atoms with E-state index in [1.165, 1.54) is 0 Å². The van der Waals surface area contributed by atoms with E-state index < -0.39 is 5.60 Å². The van der Waals surface area contributed by atoms with Gasteiger partial charge in [-0.2, -0.15) is 5.26 Å². The van der Waals surface area contributed by atoms with Crippen molar-refractivity contribution < 1.29 is 5.11 Å². The fourth-order valence-electron chi connectivity index (χ4n) is 1.97. The van der Waals surface area contributed by atoms with Gasteiger partial charge in [-0.15, -0.1) is 0 Å². The van der Waals surface area contributed by atoms with Gasteiger partial charge in [0.2, 0.25) is 0 Å². The smallest absolute Gasteiger partial charge is 0.0866 e. The average Bonchev–Trinajstić information content (AvgIpc) is 2.60. The molecule has 1 N–H and O–H groups in total. The van der Waals surface area contributed by atoms with Crippen LogP contribution in [-0.2, 0) is 0 Å². The maximum absolute atomic E-state index is 9.69. The molecule has 0 bridgehead atoms. The van der Waals surface area contributed by atoms with E-state index in [1.54, 1.807) is 0 Å². The van der Waals surface area contributed by atoms with Gasteiger partial charge in [-0.25, -0.2) is 0 Å². The molecule has 0 aromatic heterocycles. The molecule has 0 aromatic rings. The fourth-order valence-corrected chi connectivity index (χ4v) is 1.97. The second kappa shape index (κ2) is 2.20. The average molecular weight is 152 g/mol. The standard InChI is InChI=1S/C8H12N2O/c9-2-4-10-3-1-7-5-8(7,11)6-10/h7,11H,1,3-6H2/t7-,8+/m1/s1. The number of aliphatic hydroxyl groups is 1. The van der Waals surface area contributed by atoms with Crippen LogP contribution in [0.2, 0.25) is 0 Å². The molecule has 1 aliphatic carbocycles. The monoisotopic (exact) mass is 152 g/mol. The minimum Gasteiger partial charge on any atom is -0.388 e. The summed E-state index contributed by atoms with van der Waals surface area (Å²) in [4.78, 5) is 2.03. The quantitative estimate of drug-likeness (QED) is 0.536. The van der Waals surface area contributed by atoms with Gasteiger partial charge in [0.05, 0.1) is 18.2 Å². The van der Waals surface area contributed by atoms with E-state index in [-0.39, 0.29) is 0 Å². The Hall–Kier alpha value is -0.590. The molecule has 1 saturated heterocycles. The number of piperidine rings is 1. The van der Waals surface area contributed by atoms with E-state index in [9.17, 15) is 5.11 Å². The second-order valence-electron chi connectivity index (χ2n) is 3.66. The van der Waals surface area contributed by atoms with Crippen LogP contribution in [0.15, 0.2) is 0 Å². The van der Waals surface area contributed by atoms with Gasteiger partial charge in [0.15, 0.2) is 0 Å². The zero-order valence-corrected chi connectivity index (χ0v) is 6.45. The molecule has 2 rings (SSSR count). The zero-order valence-electron chi connectivity index (χ0n) is 6.45. The molecule has 60 valence electrons. The topological polar surface area (TPSA) is 47.3 Å². The van der Waals surface area contributed by atoms with Crippen molar-refractivity contribution in [2.75, 3.05) is 19.6 Å². The van der Waals surface area contributed by atoms with E-state index in [4.69, 9.17) is 5.26 Å². The lowest BCUT2D eigenvalue weighted by Crippen LogP contribution is -2.40. The van der Waals surface area contributed by atoms with Gasteiger partial charge in [-0.05, 0) is 25.3 Å². The lowest BCUT2D eigenvalue weighted by molar-refractivity contribution is 0.0565. The van der Waals surface area contributed by atoms with Gasteiger partial charge in [0.1, 0.15) is 0 Å². The van der Waals surface area contributed by atoms with Crippen molar-refractivity contribution in [3.05, 3.63) is 0 Å². The van der Waals surface area contributed by atoms with E-state index in [1.807, 2.05) is 4.90 Å². The van der Waals surface area contributed by atoms with Crippen LogP contribution in [0.25, 0.3) is 0 Å². The van der Waals surface area contributed by atoms with Gasteiger partial charge in [-0.1, -0.05) is 0 Å². The normalized spacial score (nSPS) is 42.7. The van der Waals surface area contributed by atoms with Gasteiger partial charge < -0.3 is 5.11 Å². The first-order chi connectivity index (χ1) is 5.24. The molecule has 1 aliphatic heterocycles. The van der Waals surface area contributed by atoms with Gasteiger partial charge in [0.25, 0.3) is 0 Å². The highest BCUT2D eigenvalue weighted by Crippen LogP contribution is 2.48. The number of rotatable bonds is 1. The van der Waals surface area contributed by atoms with Crippen LogP contribution in [-0.4, -0.2) is 35.2 Å². The molecule has 0 amide bonds. The Morgan fingerprint density at radius 3 is 3.18 bits per heavy atom. The fraction of sp³-hybridized carbons (Fsp3) is 0.875. The number of fused-ring (bicyclic) bond motifs is 1. The summed E-state index contributed by atoms with van der Waals surface area (Å²) in [6, 6.07) is 2.11. The molecule has 2 aliphatic rings. The Balaban J connectivity index is 1.93. The van der Waals surface area contributed by atoms with Crippen molar-refractivity contribution in [1.29, 1.82) is 5.26 Å². The first kappa shape index (κ1) is 7.08. The summed E-state index contributed by atoms with van der Waals surface area (Å²) in [5, 5.41) is 18.1. The first-order valence-electron chi connectivity index (χ1n) is 4.06. The summed E-state index contributed by atoms with van der Waals surface area (Å²) >= 11 is 0. The summed E-state index contributed by atoms with van der Waals surface area (Å²) in [6.07, 6.45) is 2.02. The molecule has 2 fully saturated rings. The highest BCUT2D eigenvalue weighted by atomic mass is 16.3. The second-order valence-corrected chi connectivity index (χ2v) is 3.66. The van der Waals surface area contributed by atoms with Crippen molar-refractivity contribution in [3.63, 3.8) is 0 Å². The minimum atomic E-state index is -0.408. The number of β-amino-alcohol motifs (C(OH)–C–C–N with tert-alkyl or cyclic N) is 1. The number of hydrogen-bond acceptors (Lipinski definition) is 3. The first-order valence-corrected chi connectivity index (χ1v) is 4.06. The minimum absolute atomic E-state index is 0.408. The summed E-state index contributed by atoms with van der Waals surface area (Å²) < 4.78 is 0. The third kappa shape index (κ3) is 1.13. The van der Waals surface area contributed by atoms with Crippen LogP contribution in [0, 0.1) is 17.2 Å². The number of nitriles is 1. The third-order valence-electron chi connectivity index (χ3n) is 2.79. The summed E-state index contributed by atoms with van der Waals surface area (Å²) in [5.74, 6) is 0.539. The van der Waals surface area contributed by atoms with Crippen molar-refractivity contribution in [3.8, 4) is 6.07 Å². The summed E-state index contributed by atoms with van der Waals surface area (Å²) in [6.45, 7) is 2.17. The molecular weight excluding hydrogens is 140 g/mol. The Morgan fingerprint density at radius 1 is 1.73 bits per heavy atom.